The van der Waals surface area contributed by atoms with E-state index in [0.29, 0.717) is 0 Å². The topological polar surface area (TPSA) is 39.2 Å². The van der Waals surface area contributed by atoms with E-state index in [0.717, 1.165) is 38.6 Å². The maximum atomic E-state index is 6.25. The number of hydrogen-bond donors (Lipinski definition) is 1. The molecule has 1 aromatic heterocycles. The van der Waals surface area contributed by atoms with Gasteiger partial charge in [0.25, 0.3) is 0 Å². The molecule has 0 amide bonds. The summed E-state index contributed by atoms with van der Waals surface area (Å²) in [5.74, 6) is 0. The van der Waals surface area contributed by atoms with E-state index in [4.69, 9.17) is 10.2 Å². The van der Waals surface area contributed by atoms with Gasteiger partial charge in [0.2, 0.25) is 0 Å². The highest BCUT2D eigenvalue weighted by molar-refractivity contribution is 6.17. The molecule has 3 aromatic carbocycles. The minimum Gasteiger partial charge on any atom is -0.455 e. The van der Waals surface area contributed by atoms with Crippen LogP contribution >= 0.6 is 0 Å². The average molecular weight is 287 g/mol. The van der Waals surface area contributed by atoms with Crippen LogP contribution in [0.4, 0.5) is 0 Å². The van der Waals surface area contributed by atoms with Gasteiger partial charge in [-0.15, -0.1) is 0 Å². The quantitative estimate of drug-likeness (QED) is 0.511. The zero-order valence-electron chi connectivity index (χ0n) is 12.7. The van der Waals surface area contributed by atoms with Crippen molar-refractivity contribution in [1.82, 2.24) is 0 Å². The summed E-state index contributed by atoms with van der Waals surface area (Å²) in [7, 11) is 0. The molecule has 0 unspecified atom stereocenters. The summed E-state index contributed by atoms with van der Waals surface area (Å²) >= 11 is 0. The van der Waals surface area contributed by atoms with Crippen molar-refractivity contribution in [2.45, 2.75) is 13.8 Å². The smallest absolute Gasteiger partial charge is 0.144 e. The predicted octanol–water partition coefficient (Wildman–Crippen LogP) is 5.37. The van der Waals surface area contributed by atoms with Gasteiger partial charge in [-0.05, 0) is 36.9 Å². The van der Waals surface area contributed by atoms with Crippen molar-refractivity contribution in [2.75, 3.05) is 0 Å². The van der Waals surface area contributed by atoms with Gasteiger partial charge in [0, 0.05) is 27.4 Å². The van der Waals surface area contributed by atoms with Gasteiger partial charge in [0.1, 0.15) is 11.2 Å². The molecule has 0 saturated heterocycles. The second kappa shape index (κ2) is 4.63. The lowest BCUT2D eigenvalue weighted by Crippen LogP contribution is -1.95. The number of hydrogen-bond acceptors (Lipinski definition) is 2. The van der Waals surface area contributed by atoms with Crippen LogP contribution in [0.1, 0.15) is 18.1 Å². The molecule has 0 radical (unpaired) electrons. The molecule has 0 saturated carbocycles. The summed E-state index contributed by atoms with van der Waals surface area (Å²) in [6, 6.07) is 16.7. The Morgan fingerprint density at radius 1 is 0.909 bits per heavy atom. The number of fused-ring (bicyclic) bond motifs is 5. The Bertz CT molecular complexity index is 1050. The summed E-state index contributed by atoms with van der Waals surface area (Å²) in [5.41, 5.74) is 10.9. The Morgan fingerprint density at radius 2 is 1.59 bits per heavy atom. The number of para-hydroxylation sites is 1. The number of furan rings is 1. The zero-order valence-corrected chi connectivity index (χ0v) is 12.7. The van der Waals surface area contributed by atoms with Crippen molar-refractivity contribution < 1.29 is 4.42 Å². The SMILES string of the molecule is C/C=C(\N)c1cccc2c1oc1c3ccccc3c(C)cc21. The molecule has 2 N–H and O–H groups in total. The van der Waals surface area contributed by atoms with Gasteiger partial charge in [-0.25, -0.2) is 0 Å². The Labute approximate surface area is 128 Å². The third-order valence-electron chi connectivity index (χ3n) is 4.33. The second-order valence-electron chi connectivity index (χ2n) is 5.64. The third kappa shape index (κ3) is 1.67. The summed E-state index contributed by atoms with van der Waals surface area (Å²) < 4.78 is 6.25. The van der Waals surface area contributed by atoms with Crippen LogP contribution in [0.15, 0.2) is 59.0 Å². The number of benzene rings is 3. The van der Waals surface area contributed by atoms with Crippen LogP contribution in [0.5, 0.6) is 0 Å². The molecule has 2 nitrogen and oxygen atoms in total. The fourth-order valence-electron chi connectivity index (χ4n) is 3.18. The minimum atomic E-state index is 0.741. The van der Waals surface area contributed by atoms with E-state index in [-0.39, 0.29) is 0 Å². The average Bonchev–Trinajstić information content (AvgIpc) is 2.93. The van der Waals surface area contributed by atoms with E-state index >= 15 is 0 Å². The van der Waals surface area contributed by atoms with Gasteiger partial charge in [-0.2, -0.15) is 0 Å². The molecular weight excluding hydrogens is 270 g/mol. The maximum Gasteiger partial charge on any atom is 0.144 e. The molecular formula is C20H17NO. The van der Waals surface area contributed by atoms with E-state index in [9.17, 15) is 0 Å². The lowest BCUT2D eigenvalue weighted by atomic mass is 10.0. The Morgan fingerprint density at radius 3 is 2.36 bits per heavy atom. The van der Waals surface area contributed by atoms with E-state index in [1.807, 2.05) is 25.1 Å². The lowest BCUT2D eigenvalue weighted by molar-refractivity contribution is 0.671. The first-order valence-electron chi connectivity index (χ1n) is 7.46. The van der Waals surface area contributed by atoms with Crippen LogP contribution in [0.2, 0.25) is 0 Å². The first-order valence-corrected chi connectivity index (χ1v) is 7.46. The number of aryl methyl sites for hydroxylation is 1. The van der Waals surface area contributed by atoms with Gasteiger partial charge in [-0.1, -0.05) is 42.5 Å². The van der Waals surface area contributed by atoms with Crippen molar-refractivity contribution in [2.24, 2.45) is 5.73 Å². The van der Waals surface area contributed by atoms with Crippen LogP contribution in [-0.2, 0) is 0 Å². The van der Waals surface area contributed by atoms with Gasteiger partial charge in [0.15, 0.2) is 0 Å². The summed E-state index contributed by atoms with van der Waals surface area (Å²) in [4.78, 5) is 0. The van der Waals surface area contributed by atoms with Crippen molar-refractivity contribution in [1.29, 1.82) is 0 Å². The molecule has 0 aliphatic heterocycles. The van der Waals surface area contributed by atoms with Crippen LogP contribution in [-0.4, -0.2) is 0 Å². The van der Waals surface area contributed by atoms with Gasteiger partial charge in [-0.3, -0.25) is 0 Å². The van der Waals surface area contributed by atoms with Gasteiger partial charge in [0.05, 0.1) is 0 Å². The number of allylic oxidation sites excluding steroid dienone is 1. The Kier molecular flexibility index (Phi) is 2.73. The molecule has 22 heavy (non-hydrogen) atoms. The molecule has 4 rings (SSSR count). The molecule has 0 fully saturated rings. The molecule has 4 aromatic rings. The highest BCUT2D eigenvalue weighted by atomic mass is 16.3. The Hall–Kier alpha value is -2.74. The van der Waals surface area contributed by atoms with Gasteiger partial charge < -0.3 is 10.2 Å². The monoisotopic (exact) mass is 287 g/mol. The second-order valence-corrected chi connectivity index (χ2v) is 5.64. The summed E-state index contributed by atoms with van der Waals surface area (Å²) in [6.07, 6.45) is 1.91. The van der Waals surface area contributed by atoms with Crippen molar-refractivity contribution in [3.8, 4) is 0 Å². The van der Waals surface area contributed by atoms with Crippen LogP contribution in [0.25, 0.3) is 38.4 Å². The molecule has 0 aliphatic carbocycles. The molecule has 0 aliphatic rings. The maximum absolute atomic E-state index is 6.25. The van der Waals surface area contributed by atoms with E-state index in [2.05, 4.69) is 43.3 Å². The first kappa shape index (κ1) is 13.0. The first-order chi connectivity index (χ1) is 10.7. The summed E-state index contributed by atoms with van der Waals surface area (Å²) in [5, 5.41) is 4.65. The van der Waals surface area contributed by atoms with E-state index in [1.165, 1.54) is 10.9 Å². The molecule has 108 valence electrons. The molecule has 0 atom stereocenters. The molecule has 1 heterocycles. The van der Waals surface area contributed by atoms with Crippen molar-refractivity contribution in [3.05, 3.63) is 65.7 Å². The normalized spacial score (nSPS) is 12.5. The van der Waals surface area contributed by atoms with E-state index in [1.54, 1.807) is 0 Å². The van der Waals surface area contributed by atoms with Crippen LogP contribution < -0.4 is 5.73 Å². The highest BCUT2D eigenvalue weighted by Crippen LogP contribution is 2.37. The largest absolute Gasteiger partial charge is 0.455 e. The van der Waals surface area contributed by atoms with Crippen molar-refractivity contribution in [3.63, 3.8) is 0 Å². The lowest BCUT2D eigenvalue weighted by Gasteiger charge is -2.02. The molecule has 2 heteroatoms. The number of nitrogens with two attached hydrogens (primary N) is 1. The van der Waals surface area contributed by atoms with E-state index < -0.39 is 0 Å². The fourth-order valence-corrected chi connectivity index (χ4v) is 3.18. The zero-order chi connectivity index (χ0) is 15.3. The number of rotatable bonds is 1. The minimum absolute atomic E-state index is 0.741. The summed E-state index contributed by atoms with van der Waals surface area (Å²) in [6.45, 7) is 4.08. The third-order valence-corrected chi connectivity index (χ3v) is 4.33. The van der Waals surface area contributed by atoms with Crippen LogP contribution in [0.3, 0.4) is 0 Å². The molecule has 0 spiro atoms. The highest BCUT2D eigenvalue weighted by Gasteiger charge is 2.14. The van der Waals surface area contributed by atoms with Gasteiger partial charge >= 0.3 is 0 Å². The standard InChI is InChI=1S/C20H17NO/c1-3-18(21)16-10-6-9-15-17-11-12(2)13-7-4-5-8-14(13)20(17)22-19(15)16/h3-11H,21H2,1-2H3/b18-3-. The molecule has 0 bridgehead atoms. The fraction of sp³-hybridized carbons (Fsp3) is 0.100. The van der Waals surface area contributed by atoms with Crippen LogP contribution in [0, 0.1) is 6.92 Å². The Balaban J connectivity index is 2.25. The van der Waals surface area contributed by atoms with Crippen molar-refractivity contribution >= 4 is 38.4 Å². The predicted molar refractivity (Wildman–Crippen MR) is 93.8 cm³/mol.